The SMILES string of the molecule is N#Cc1cc(-n2c3cc(C(F)(F)F)ccc3c3ccc(C(F)(F)F)cc32)c(-n2c3cc(C(F)(F)F)ccc3c3ccc(C(F)(F)F)cc32)cc1-c1ccc(C(F)(F)F)cc1C(F)(F)F. The monoisotopic (exact) mass is 917 g/mol. The number of fused-ring (bicyclic) bond motifs is 6. The first-order valence-corrected chi connectivity index (χ1v) is 17.8. The smallest absolute Gasteiger partial charge is 0.307 e. The van der Waals surface area contributed by atoms with E-state index in [-0.39, 0.29) is 33.7 Å². The van der Waals surface area contributed by atoms with Crippen LogP contribution in [0, 0.1) is 11.3 Å². The van der Waals surface area contributed by atoms with E-state index in [2.05, 4.69) is 0 Å². The van der Waals surface area contributed by atoms with Gasteiger partial charge in [-0.1, -0.05) is 30.3 Å². The Morgan fingerprint density at radius 2 is 0.625 bits per heavy atom. The van der Waals surface area contributed by atoms with Crippen molar-refractivity contribution in [1.29, 1.82) is 5.26 Å². The van der Waals surface area contributed by atoms with Gasteiger partial charge in [0.05, 0.1) is 78.5 Å². The molecule has 8 rings (SSSR count). The lowest BCUT2D eigenvalue weighted by Gasteiger charge is -2.22. The zero-order valence-electron chi connectivity index (χ0n) is 31.0. The first-order valence-electron chi connectivity index (χ1n) is 17.8. The van der Waals surface area contributed by atoms with Gasteiger partial charge in [-0.15, -0.1) is 0 Å². The average molecular weight is 918 g/mol. The van der Waals surface area contributed by atoms with E-state index in [4.69, 9.17) is 0 Å². The Kier molecular flexibility index (Phi) is 9.63. The summed E-state index contributed by atoms with van der Waals surface area (Å²) in [4.78, 5) is 0. The molecule has 0 unspecified atom stereocenters. The second-order valence-electron chi connectivity index (χ2n) is 14.3. The van der Waals surface area contributed by atoms with Crippen molar-refractivity contribution in [2.24, 2.45) is 0 Å². The summed E-state index contributed by atoms with van der Waals surface area (Å²) in [6.07, 6.45) is -31.7. The third kappa shape index (κ3) is 7.37. The number of hydrogen-bond acceptors (Lipinski definition) is 1. The highest BCUT2D eigenvalue weighted by Crippen LogP contribution is 2.48. The van der Waals surface area contributed by atoms with Crippen LogP contribution in [0.1, 0.15) is 38.9 Å². The molecule has 6 aromatic carbocycles. The van der Waals surface area contributed by atoms with Gasteiger partial charge >= 0.3 is 37.1 Å². The lowest BCUT2D eigenvalue weighted by atomic mass is 9.92. The molecule has 0 radical (unpaired) electrons. The molecular weight excluding hydrogens is 900 g/mol. The molecule has 0 fully saturated rings. The number of rotatable bonds is 3. The molecule has 0 aliphatic carbocycles. The van der Waals surface area contributed by atoms with Gasteiger partial charge in [-0.2, -0.15) is 84.3 Å². The van der Waals surface area contributed by atoms with Crippen molar-refractivity contribution in [3.05, 3.63) is 142 Å². The van der Waals surface area contributed by atoms with Gasteiger partial charge in [0.2, 0.25) is 0 Å². The molecule has 0 atom stereocenters. The molecule has 64 heavy (non-hydrogen) atoms. The zero-order valence-corrected chi connectivity index (χ0v) is 31.0. The molecule has 330 valence electrons. The number of halogens is 18. The molecule has 0 aliphatic rings. The van der Waals surface area contributed by atoms with Crippen molar-refractivity contribution in [3.8, 4) is 28.6 Å². The van der Waals surface area contributed by atoms with E-state index in [1.165, 1.54) is 6.07 Å². The van der Waals surface area contributed by atoms with Gasteiger partial charge in [0.25, 0.3) is 0 Å². The van der Waals surface area contributed by atoms with Crippen LogP contribution >= 0.6 is 0 Å². The number of hydrogen-bond donors (Lipinski definition) is 0. The standard InChI is InChI=1S/C43H17F18N3/c44-38(45,46)20-1-6-25(31(12-20)43(59,60)61)30-17-37(64-34-15-23(41(53,54)55)4-9-28(34)29-10-5-24(16-35(29)64)42(56,57)58)36(11-19(30)18-62)63-32-13-21(39(47,48)49)2-7-26(32)27-8-3-22(14-33(27)63)40(50,51)52/h1-17H. The highest BCUT2D eigenvalue weighted by molar-refractivity contribution is 6.12. The van der Waals surface area contributed by atoms with E-state index in [9.17, 15) is 84.3 Å². The molecular formula is C43H17F18N3. The lowest BCUT2D eigenvalue weighted by molar-refractivity contribution is -0.143. The van der Waals surface area contributed by atoms with Crippen LogP contribution in [0.5, 0.6) is 0 Å². The second-order valence-corrected chi connectivity index (χ2v) is 14.3. The Labute approximate surface area is 344 Å². The maximum Gasteiger partial charge on any atom is 0.417 e. The minimum atomic E-state index is -5.65. The predicted molar refractivity (Wildman–Crippen MR) is 195 cm³/mol. The van der Waals surface area contributed by atoms with E-state index < -0.39 is 121 Å². The molecule has 21 heteroatoms. The molecule has 0 amide bonds. The Bertz CT molecular complexity index is 3110. The third-order valence-electron chi connectivity index (χ3n) is 10.5. The third-order valence-corrected chi connectivity index (χ3v) is 10.5. The largest absolute Gasteiger partial charge is 0.417 e. The maximum atomic E-state index is 14.7. The lowest BCUT2D eigenvalue weighted by Crippen LogP contribution is -2.13. The summed E-state index contributed by atoms with van der Waals surface area (Å²) in [5.41, 5.74) is -16.8. The molecule has 0 spiro atoms. The Balaban J connectivity index is 1.65. The Morgan fingerprint density at radius 1 is 0.328 bits per heavy atom. The molecule has 3 nitrogen and oxygen atoms in total. The van der Waals surface area contributed by atoms with Crippen LogP contribution in [0.15, 0.2) is 103 Å². The van der Waals surface area contributed by atoms with Gasteiger partial charge in [0.1, 0.15) is 0 Å². The quantitative estimate of drug-likeness (QED) is 0.163. The number of aromatic nitrogens is 2. The number of benzene rings is 6. The molecule has 0 aliphatic heterocycles. The van der Waals surface area contributed by atoms with E-state index in [0.717, 1.165) is 24.3 Å². The summed E-state index contributed by atoms with van der Waals surface area (Å²) in [7, 11) is 0. The molecule has 2 aromatic heterocycles. The average Bonchev–Trinajstić information content (AvgIpc) is 3.69. The fourth-order valence-corrected chi connectivity index (χ4v) is 7.70. The van der Waals surface area contributed by atoms with Crippen LogP contribution in [-0.4, -0.2) is 9.13 Å². The van der Waals surface area contributed by atoms with Crippen molar-refractivity contribution >= 4 is 43.6 Å². The van der Waals surface area contributed by atoms with Gasteiger partial charge in [0.15, 0.2) is 0 Å². The van der Waals surface area contributed by atoms with Crippen molar-refractivity contribution in [2.45, 2.75) is 37.1 Å². The van der Waals surface area contributed by atoms with Crippen molar-refractivity contribution < 1.29 is 79.0 Å². The van der Waals surface area contributed by atoms with E-state index in [1.807, 2.05) is 0 Å². The van der Waals surface area contributed by atoms with Crippen LogP contribution in [0.2, 0.25) is 0 Å². The van der Waals surface area contributed by atoms with Crippen LogP contribution in [-0.2, 0) is 37.1 Å². The summed E-state index contributed by atoms with van der Waals surface area (Å²) >= 11 is 0. The van der Waals surface area contributed by atoms with Crippen LogP contribution in [0.3, 0.4) is 0 Å². The van der Waals surface area contributed by atoms with Gasteiger partial charge < -0.3 is 9.13 Å². The Hall–Kier alpha value is -6.85. The molecule has 2 heterocycles. The number of nitriles is 1. The molecule has 0 saturated heterocycles. The van der Waals surface area contributed by atoms with Crippen LogP contribution in [0.25, 0.3) is 66.1 Å². The summed E-state index contributed by atoms with van der Waals surface area (Å²) < 4.78 is 258. The highest BCUT2D eigenvalue weighted by Gasteiger charge is 2.40. The number of nitrogens with zero attached hydrogens (tertiary/aromatic N) is 3. The van der Waals surface area contributed by atoms with Crippen molar-refractivity contribution in [2.75, 3.05) is 0 Å². The van der Waals surface area contributed by atoms with Gasteiger partial charge in [-0.3, -0.25) is 0 Å². The summed E-state index contributed by atoms with van der Waals surface area (Å²) in [5, 5.41) is 9.52. The normalized spacial score (nSPS) is 13.5. The summed E-state index contributed by atoms with van der Waals surface area (Å²) in [5.74, 6) is 0. The van der Waals surface area contributed by atoms with Crippen molar-refractivity contribution in [1.82, 2.24) is 9.13 Å². The predicted octanol–water partition coefficient (Wildman–Crippen LogP) is 15.5. The molecule has 0 bridgehead atoms. The van der Waals surface area contributed by atoms with E-state index in [1.54, 1.807) is 0 Å². The van der Waals surface area contributed by atoms with E-state index >= 15 is 0 Å². The molecule has 0 N–H and O–H groups in total. The van der Waals surface area contributed by atoms with E-state index in [0.29, 0.717) is 75.9 Å². The Morgan fingerprint density at radius 3 is 0.922 bits per heavy atom. The van der Waals surface area contributed by atoms with Gasteiger partial charge in [-0.25, -0.2) is 0 Å². The topological polar surface area (TPSA) is 33.6 Å². The van der Waals surface area contributed by atoms with Crippen molar-refractivity contribution in [3.63, 3.8) is 0 Å². The first kappa shape index (κ1) is 43.8. The van der Waals surface area contributed by atoms with Crippen LogP contribution < -0.4 is 0 Å². The minimum Gasteiger partial charge on any atom is -0.307 e. The number of alkyl halides is 18. The fraction of sp³-hybridized carbons (Fsp3) is 0.140. The van der Waals surface area contributed by atoms with Gasteiger partial charge in [0, 0.05) is 27.1 Å². The first-order chi connectivity index (χ1) is 29.5. The maximum absolute atomic E-state index is 14.7. The van der Waals surface area contributed by atoms with Gasteiger partial charge in [-0.05, 0) is 78.4 Å². The van der Waals surface area contributed by atoms with Crippen LogP contribution in [0.4, 0.5) is 79.0 Å². The highest BCUT2D eigenvalue weighted by atomic mass is 19.4. The fourth-order valence-electron chi connectivity index (χ4n) is 7.70. The summed E-state index contributed by atoms with van der Waals surface area (Å²) in [6.45, 7) is 0. The zero-order chi connectivity index (χ0) is 46.9. The minimum absolute atomic E-state index is 0.190. The molecule has 8 aromatic rings. The summed E-state index contributed by atoms with van der Waals surface area (Å²) in [6, 6.07) is 10.2. The molecule has 0 saturated carbocycles. The second kappa shape index (κ2) is 14.1.